The summed E-state index contributed by atoms with van der Waals surface area (Å²) < 4.78 is 32.7. The SMILES string of the molecule is COc1cccc(CC(=O)Nc2n[nH]c3cc(-c4cc(F)ccc4F)ccc23)c1. The van der Waals surface area contributed by atoms with Gasteiger partial charge in [0.2, 0.25) is 5.91 Å². The van der Waals surface area contributed by atoms with Crippen molar-refractivity contribution in [2.75, 3.05) is 12.4 Å². The van der Waals surface area contributed by atoms with Crippen LogP contribution in [0.1, 0.15) is 5.56 Å². The Labute approximate surface area is 165 Å². The summed E-state index contributed by atoms with van der Waals surface area (Å²) in [5.41, 5.74) is 2.07. The maximum atomic E-state index is 14.0. The standard InChI is InChI=1S/C22H17F2N3O2/c1-29-16-4-2-3-13(9-16)10-21(28)25-22-17-7-5-14(11-20(17)26-27-22)18-12-15(23)6-8-19(18)24/h2-9,11-12H,10H2,1H3,(H2,25,26,27,28). The number of methoxy groups -OCH3 is 1. The highest BCUT2D eigenvalue weighted by atomic mass is 19.1. The highest BCUT2D eigenvalue weighted by Crippen LogP contribution is 2.29. The first kappa shape index (κ1) is 18.6. The van der Waals surface area contributed by atoms with Gasteiger partial charge in [0, 0.05) is 10.9 Å². The second-order valence-corrected chi connectivity index (χ2v) is 6.53. The van der Waals surface area contributed by atoms with Crippen molar-refractivity contribution in [1.29, 1.82) is 0 Å². The third kappa shape index (κ3) is 3.94. The maximum absolute atomic E-state index is 14.0. The van der Waals surface area contributed by atoms with E-state index in [-0.39, 0.29) is 17.9 Å². The topological polar surface area (TPSA) is 67.0 Å². The van der Waals surface area contributed by atoms with E-state index in [0.717, 1.165) is 23.8 Å². The number of hydrogen-bond donors (Lipinski definition) is 2. The fourth-order valence-corrected chi connectivity index (χ4v) is 3.15. The molecule has 0 unspecified atom stereocenters. The predicted octanol–water partition coefficient (Wildman–Crippen LogP) is 4.70. The Kier molecular flexibility index (Phi) is 4.95. The molecule has 1 heterocycles. The number of anilines is 1. The zero-order valence-corrected chi connectivity index (χ0v) is 15.5. The lowest BCUT2D eigenvalue weighted by molar-refractivity contribution is -0.115. The summed E-state index contributed by atoms with van der Waals surface area (Å²) in [7, 11) is 1.57. The van der Waals surface area contributed by atoms with E-state index in [4.69, 9.17) is 4.74 Å². The zero-order valence-electron chi connectivity index (χ0n) is 15.5. The van der Waals surface area contributed by atoms with Crippen LogP contribution in [0, 0.1) is 11.6 Å². The number of nitrogens with one attached hydrogen (secondary N) is 2. The van der Waals surface area contributed by atoms with Crippen molar-refractivity contribution in [1.82, 2.24) is 10.2 Å². The minimum Gasteiger partial charge on any atom is -0.497 e. The molecule has 0 saturated carbocycles. The van der Waals surface area contributed by atoms with Gasteiger partial charge in [0.05, 0.1) is 19.0 Å². The van der Waals surface area contributed by atoms with Gasteiger partial charge in [-0.1, -0.05) is 18.2 Å². The van der Waals surface area contributed by atoms with Crippen molar-refractivity contribution in [2.24, 2.45) is 0 Å². The minimum atomic E-state index is -0.517. The molecule has 4 aromatic rings. The Bertz CT molecular complexity index is 1200. The number of ether oxygens (including phenoxy) is 1. The van der Waals surface area contributed by atoms with Gasteiger partial charge in [-0.25, -0.2) is 8.78 Å². The number of amides is 1. The first-order chi connectivity index (χ1) is 14.0. The van der Waals surface area contributed by atoms with Gasteiger partial charge in [-0.15, -0.1) is 0 Å². The molecule has 2 N–H and O–H groups in total. The monoisotopic (exact) mass is 393 g/mol. The molecule has 29 heavy (non-hydrogen) atoms. The molecule has 0 atom stereocenters. The first-order valence-electron chi connectivity index (χ1n) is 8.90. The van der Waals surface area contributed by atoms with Crippen LogP contribution < -0.4 is 10.1 Å². The van der Waals surface area contributed by atoms with E-state index in [1.807, 2.05) is 18.2 Å². The van der Waals surface area contributed by atoms with Gasteiger partial charge >= 0.3 is 0 Å². The molecule has 0 spiro atoms. The lowest BCUT2D eigenvalue weighted by Crippen LogP contribution is -2.14. The van der Waals surface area contributed by atoms with Gasteiger partial charge in [-0.05, 0) is 53.6 Å². The van der Waals surface area contributed by atoms with Gasteiger partial charge < -0.3 is 10.1 Å². The van der Waals surface area contributed by atoms with Gasteiger partial charge in [-0.2, -0.15) is 5.10 Å². The molecule has 0 aliphatic rings. The molecule has 0 aliphatic carbocycles. The number of nitrogens with zero attached hydrogens (tertiary/aromatic N) is 1. The van der Waals surface area contributed by atoms with Gasteiger partial charge in [0.1, 0.15) is 17.4 Å². The highest BCUT2D eigenvalue weighted by molar-refractivity contribution is 6.01. The molecular weight excluding hydrogens is 376 g/mol. The number of fused-ring (bicyclic) bond motifs is 1. The number of hydrogen-bond acceptors (Lipinski definition) is 3. The molecular formula is C22H17F2N3O2. The molecule has 5 nitrogen and oxygen atoms in total. The second-order valence-electron chi connectivity index (χ2n) is 6.53. The van der Waals surface area contributed by atoms with Crippen LogP contribution >= 0.6 is 0 Å². The van der Waals surface area contributed by atoms with E-state index < -0.39 is 11.6 Å². The van der Waals surface area contributed by atoms with Crippen molar-refractivity contribution >= 4 is 22.6 Å². The molecule has 0 bridgehead atoms. The molecule has 7 heteroatoms. The largest absolute Gasteiger partial charge is 0.497 e. The molecule has 0 radical (unpaired) electrons. The highest BCUT2D eigenvalue weighted by Gasteiger charge is 2.13. The van der Waals surface area contributed by atoms with E-state index in [1.54, 1.807) is 31.4 Å². The molecule has 4 rings (SSSR count). The number of carbonyl (C=O) groups excluding carboxylic acids is 1. The van der Waals surface area contributed by atoms with Crippen LogP contribution in [0.3, 0.4) is 0 Å². The Balaban J connectivity index is 1.56. The molecule has 0 aliphatic heterocycles. The minimum absolute atomic E-state index is 0.158. The molecule has 1 aromatic heterocycles. The molecule has 0 saturated heterocycles. The van der Waals surface area contributed by atoms with Crippen molar-refractivity contribution in [3.8, 4) is 16.9 Å². The van der Waals surface area contributed by atoms with E-state index in [2.05, 4.69) is 15.5 Å². The van der Waals surface area contributed by atoms with Gasteiger partial charge in [-0.3, -0.25) is 9.89 Å². The lowest BCUT2D eigenvalue weighted by Gasteiger charge is -2.06. The number of aromatic amines is 1. The molecule has 3 aromatic carbocycles. The third-order valence-electron chi connectivity index (χ3n) is 4.56. The zero-order chi connectivity index (χ0) is 20.4. The number of aromatic nitrogens is 2. The summed E-state index contributed by atoms with van der Waals surface area (Å²) in [6.07, 6.45) is 0.165. The van der Waals surface area contributed by atoms with E-state index in [1.165, 1.54) is 0 Å². The Hall–Kier alpha value is -3.74. The molecule has 1 amide bonds. The average Bonchev–Trinajstić information content (AvgIpc) is 3.11. The normalized spacial score (nSPS) is 10.9. The number of rotatable bonds is 5. The fraction of sp³-hybridized carbons (Fsp3) is 0.0909. The van der Waals surface area contributed by atoms with Gasteiger partial charge in [0.15, 0.2) is 5.82 Å². The summed E-state index contributed by atoms with van der Waals surface area (Å²) >= 11 is 0. The Morgan fingerprint density at radius 1 is 1.10 bits per heavy atom. The van der Waals surface area contributed by atoms with E-state index in [0.29, 0.717) is 28.0 Å². The van der Waals surface area contributed by atoms with Crippen LogP contribution in [0.5, 0.6) is 5.75 Å². The first-order valence-corrected chi connectivity index (χ1v) is 8.90. The number of halogens is 2. The summed E-state index contributed by atoms with van der Waals surface area (Å²) in [6.45, 7) is 0. The third-order valence-corrected chi connectivity index (χ3v) is 4.56. The van der Waals surface area contributed by atoms with Crippen molar-refractivity contribution in [3.05, 3.63) is 77.9 Å². The fourth-order valence-electron chi connectivity index (χ4n) is 3.15. The van der Waals surface area contributed by atoms with Crippen LogP contribution in [-0.4, -0.2) is 23.2 Å². The van der Waals surface area contributed by atoms with Crippen LogP contribution in [-0.2, 0) is 11.2 Å². The summed E-state index contributed by atoms with van der Waals surface area (Å²) in [5.74, 6) is -0.211. The smallest absolute Gasteiger partial charge is 0.230 e. The lowest BCUT2D eigenvalue weighted by atomic mass is 10.0. The summed E-state index contributed by atoms with van der Waals surface area (Å²) in [6, 6.07) is 15.6. The molecule has 146 valence electrons. The van der Waals surface area contributed by atoms with E-state index >= 15 is 0 Å². The quantitative estimate of drug-likeness (QED) is 0.517. The van der Waals surface area contributed by atoms with Gasteiger partial charge in [0.25, 0.3) is 0 Å². The van der Waals surface area contributed by atoms with Crippen molar-refractivity contribution in [2.45, 2.75) is 6.42 Å². The van der Waals surface area contributed by atoms with Crippen LogP contribution in [0.15, 0.2) is 60.7 Å². The van der Waals surface area contributed by atoms with E-state index in [9.17, 15) is 13.6 Å². The number of carbonyl (C=O) groups is 1. The molecule has 0 fully saturated rings. The Morgan fingerprint density at radius 2 is 1.97 bits per heavy atom. The number of H-pyrrole nitrogens is 1. The van der Waals surface area contributed by atoms with Crippen molar-refractivity contribution in [3.63, 3.8) is 0 Å². The van der Waals surface area contributed by atoms with Crippen molar-refractivity contribution < 1.29 is 18.3 Å². The Morgan fingerprint density at radius 3 is 2.79 bits per heavy atom. The summed E-state index contributed by atoms with van der Waals surface area (Å²) in [5, 5.41) is 10.4. The predicted molar refractivity (Wildman–Crippen MR) is 107 cm³/mol. The second kappa shape index (κ2) is 7.71. The average molecular weight is 393 g/mol. The number of benzene rings is 3. The summed E-state index contributed by atoms with van der Waals surface area (Å²) in [4.78, 5) is 12.4. The van der Waals surface area contributed by atoms with Crippen LogP contribution in [0.25, 0.3) is 22.0 Å². The maximum Gasteiger partial charge on any atom is 0.230 e. The van der Waals surface area contributed by atoms with Crippen LogP contribution in [0.4, 0.5) is 14.6 Å². The van der Waals surface area contributed by atoms with Crippen LogP contribution in [0.2, 0.25) is 0 Å².